The largest absolute Gasteiger partial charge is 0.399 e. The molecule has 7 heteroatoms. The third-order valence-electron chi connectivity index (χ3n) is 2.42. The molecule has 1 aromatic heterocycles. The Labute approximate surface area is 109 Å². The summed E-state index contributed by atoms with van der Waals surface area (Å²) in [5.41, 5.74) is 12.2. The van der Waals surface area contributed by atoms with Gasteiger partial charge in [0.15, 0.2) is 0 Å². The summed E-state index contributed by atoms with van der Waals surface area (Å²) in [6.45, 7) is -0.00232. The summed E-state index contributed by atoms with van der Waals surface area (Å²) in [5.74, 6) is -0.839. The predicted molar refractivity (Wildman–Crippen MR) is 70.2 cm³/mol. The number of benzene rings is 1. The normalized spacial score (nSPS) is 10.1. The number of primary amides is 1. The number of amides is 2. The number of nitrogens with one attached hydrogen (secondary N) is 1. The van der Waals surface area contributed by atoms with Crippen molar-refractivity contribution in [2.45, 2.75) is 6.54 Å². The zero-order valence-corrected chi connectivity index (χ0v) is 10.0. The van der Waals surface area contributed by atoms with Crippen molar-refractivity contribution in [1.29, 1.82) is 0 Å². The third-order valence-corrected chi connectivity index (χ3v) is 2.42. The number of rotatable bonds is 4. The summed E-state index contributed by atoms with van der Waals surface area (Å²) in [4.78, 5) is 22.6. The zero-order valence-electron chi connectivity index (χ0n) is 10.0. The van der Waals surface area contributed by atoms with Gasteiger partial charge in [0.1, 0.15) is 6.54 Å². The molecule has 2 aromatic rings. The maximum atomic E-state index is 11.7. The van der Waals surface area contributed by atoms with Crippen LogP contribution in [0.1, 0.15) is 10.4 Å². The van der Waals surface area contributed by atoms with Gasteiger partial charge in [0.2, 0.25) is 5.91 Å². The number of anilines is 2. The molecule has 0 spiro atoms. The van der Waals surface area contributed by atoms with E-state index in [0.717, 1.165) is 0 Å². The van der Waals surface area contributed by atoms with Crippen LogP contribution < -0.4 is 16.8 Å². The van der Waals surface area contributed by atoms with Gasteiger partial charge in [-0.3, -0.25) is 14.3 Å². The Morgan fingerprint density at radius 2 is 1.95 bits per heavy atom. The molecule has 0 saturated heterocycles. The van der Waals surface area contributed by atoms with Gasteiger partial charge < -0.3 is 16.8 Å². The Morgan fingerprint density at radius 3 is 2.53 bits per heavy atom. The quantitative estimate of drug-likeness (QED) is 0.680. The van der Waals surface area contributed by atoms with E-state index in [2.05, 4.69) is 10.4 Å². The van der Waals surface area contributed by atoms with Gasteiger partial charge in [-0.25, -0.2) is 0 Å². The molecule has 0 atom stereocenters. The molecule has 0 aliphatic carbocycles. The summed E-state index contributed by atoms with van der Waals surface area (Å²) in [6, 6.07) is 6.78. The summed E-state index contributed by atoms with van der Waals surface area (Å²) < 4.78 is 1.34. The molecule has 19 heavy (non-hydrogen) atoms. The van der Waals surface area contributed by atoms with Gasteiger partial charge in [-0.2, -0.15) is 5.10 Å². The van der Waals surface area contributed by atoms with Crippen LogP contribution in [0.3, 0.4) is 0 Å². The lowest BCUT2D eigenvalue weighted by Crippen LogP contribution is -2.19. The molecule has 1 aromatic carbocycles. The Hall–Kier alpha value is -2.83. The van der Waals surface area contributed by atoms with Gasteiger partial charge in [0.05, 0.1) is 11.8 Å². The molecule has 0 fully saturated rings. The van der Waals surface area contributed by atoms with E-state index < -0.39 is 5.91 Å². The highest BCUT2D eigenvalue weighted by atomic mass is 16.2. The fraction of sp³-hybridized carbons (Fsp3) is 0.0833. The number of carbonyl (C=O) groups is 2. The van der Waals surface area contributed by atoms with E-state index >= 15 is 0 Å². The molecule has 2 rings (SSSR count). The van der Waals surface area contributed by atoms with Crippen LogP contribution >= 0.6 is 0 Å². The molecule has 0 unspecified atom stereocenters. The third kappa shape index (κ3) is 3.32. The van der Waals surface area contributed by atoms with Crippen molar-refractivity contribution in [2.75, 3.05) is 11.1 Å². The Bertz CT molecular complexity index is 603. The number of nitrogens with zero attached hydrogens (tertiary/aromatic N) is 2. The molecule has 1 heterocycles. The topological polar surface area (TPSA) is 116 Å². The lowest BCUT2D eigenvalue weighted by atomic mass is 10.3. The predicted octanol–water partition coefficient (Wildman–Crippen LogP) is 0.203. The van der Waals surface area contributed by atoms with E-state index in [1.54, 1.807) is 24.3 Å². The van der Waals surface area contributed by atoms with Gasteiger partial charge in [-0.05, 0) is 24.3 Å². The minimum atomic E-state index is -0.579. The highest BCUT2D eigenvalue weighted by Gasteiger charge is 2.07. The minimum absolute atomic E-state index is 0.00232. The average Bonchev–Trinajstić information content (AvgIpc) is 2.80. The van der Waals surface area contributed by atoms with Crippen molar-refractivity contribution in [3.8, 4) is 0 Å². The van der Waals surface area contributed by atoms with E-state index in [9.17, 15) is 9.59 Å². The average molecular weight is 259 g/mol. The van der Waals surface area contributed by atoms with E-state index in [1.807, 2.05) is 0 Å². The lowest BCUT2D eigenvalue weighted by Gasteiger charge is -2.05. The van der Waals surface area contributed by atoms with Gasteiger partial charge in [-0.15, -0.1) is 0 Å². The smallest absolute Gasteiger partial charge is 0.251 e. The van der Waals surface area contributed by atoms with E-state index in [1.165, 1.54) is 17.1 Å². The SMILES string of the molecule is NC(=O)c1cnn(CC(=O)Nc2ccc(N)cc2)c1. The monoisotopic (exact) mass is 259 g/mol. The number of hydrogen-bond acceptors (Lipinski definition) is 4. The first kappa shape index (κ1) is 12.6. The van der Waals surface area contributed by atoms with Crippen LogP contribution in [-0.4, -0.2) is 21.6 Å². The highest BCUT2D eigenvalue weighted by molar-refractivity contribution is 5.93. The molecule has 5 N–H and O–H groups in total. The van der Waals surface area contributed by atoms with Crippen molar-refractivity contribution in [3.63, 3.8) is 0 Å². The van der Waals surface area contributed by atoms with Crippen LogP contribution in [0.5, 0.6) is 0 Å². The van der Waals surface area contributed by atoms with Crippen LogP contribution in [0, 0.1) is 0 Å². The van der Waals surface area contributed by atoms with Gasteiger partial charge >= 0.3 is 0 Å². The van der Waals surface area contributed by atoms with Crippen LogP contribution in [0.25, 0.3) is 0 Å². The Kier molecular flexibility index (Phi) is 3.46. The first-order valence-electron chi connectivity index (χ1n) is 5.52. The van der Waals surface area contributed by atoms with Crippen molar-refractivity contribution in [3.05, 3.63) is 42.2 Å². The first-order valence-corrected chi connectivity index (χ1v) is 5.52. The number of nitrogens with two attached hydrogens (primary N) is 2. The molecule has 2 amide bonds. The molecular formula is C12H13N5O2. The number of nitrogen functional groups attached to an aromatic ring is 1. The van der Waals surface area contributed by atoms with E-state index in [0.29, 0.717) is 11.4 Å². The molecule has 0 bridgehead atoms. The van der Waals surface area contributed by atoms with Crippen LogP contribution in [0.4, 0.5) is 11.4 Å². The van der Waals surface area contributed by atoms with Crippen LogP contribution in [0.2, 0.25) is 0 Å². The fourth-order valence-electron chi connectivity index (χ4n) is 1.49. The lowest BCUT2D eigenvalue weighted by molar-refractivity contribution is -0.116. The van der Waals surface area contributed by atoms with Gasteiger partial charge in [0, 0.05) is 17.6 Å². The van der Waals surface area contributed by atoms with Crippen LogP contribution in [0.15, 0.2) is 36.7 Å². The second kappa shape index (κ2) is 5.21. The highest BCUT2D eigenvalue weighted by Crippen LogP contribution is 2.10. The van der Waals surface area contributed by atoms with Crippen molar-refractivity contribution >= 4 is 23.2 Å². The second-order valence-electron chi connectivity index (χ2n) is 3.96. The molecule has 98 valence electrons. The maximum Gasteiger partial charge on any atom is 0.251 e. The number of aromatic nitrogens is 2. The number of hydrogen-bond donors (Lipinski definition) is 3. The Morgan fingerprint density at radius 1 is 1.26 bits per heavy atom. The number of carbonyl (C=O) groups excluding carboxylic acids is 2. The maximum absolute atomic E-state index is 11.7. The molecule has 0 saturated carbocycles. The molecule has 7 nitrogen and oxygen atoms in total. The summed E-state index contributed by atoms with van der Waals surface area (Å²) in [6.07, 6.45) is 2.74. The summed E-state index contributed by atoms with van der Waals surface area (Å²) >= 11 is 0. The van der Waals surface area contributed by atoms with Crippen molar-refractivity contribution in [1.82, 2.24) is 9.78 Å². The molecular weight excluding hydrogens is 246 g/mol. The first-order chi connectivity index (χ1) is 9.04. The zero-order chi connectivity index (χ0) is 13.8. The van der Waals surface area contributed by atoms with Gasteiger partial charge in [0.25, 0.3) is 5.91 Å². The van der Waals surface area contributed by atoms with E-state index in [-0.39, 0.29) is 18.0 Å². The van der Waals surface area contributed by atoms with Crippen molar-refractivity contribution < 1.29 is 9.59 Å². The molecule has 0 aliphatic heterocycles. The molecule has 0 aliphatic rings. The van der Waals surface area contributed by atoms with Crippen LogP contribution in [-0.2, 0) is 11.3 Å². The van der Waals surface area contributed by atoms with Crippen molar-refractivity contribution in [2.24, 2.45) is 5.73 Å². The fourth-order valence-corrected chi connectivity index (χ4v) is 1.49. The summed E-state index contributed by atoms with van der Waals surface area (Å²) in [5, 5.41) is 6.55. The minimum Gasteiger partial charge on any atom is -0.399 e. The second-order valence-corrected chi connectivity index (χ2v) is 3.96. The van der Waals surface area contributed by atoms with Gasteiger partial charge in [-0.1, -0.05) is 0 Å². The Balaban J connectivity index is 1.97. The van der Waals surface area contributed by atoms with E-state index in [4.69, 9.17) is 11.5 Å². The molecule has 0 radical (unpaired) electrons. The standard InChI is InChI=1S/C12H13N5O2/c13-9-1-3-10(4-2-9)16-11(18)7-17-6-8(5-15-17)12(14)19/h1-6H,7,13H2,(H2,14,19)(H,16,18). The summed E-state index contributed by atoms with van der Waals surface area (Å²) in [7, 11) is 0.